The molecule has 1 heteroatoms. The van der Waals surface area contributed by atoms with E-state index >= 15 is 0 Å². The first-order valence-corrected chi connectivity index (χ1v) is 16.8. The van der Waals surface area contributed by atoms with E-state index in [1.807, 2.05) is 0 Å². The Morgan fingerprint density at radius 3 is 2.11 bits per heavy atom. The molecular weight excluding hydrogens is 542 g/mol. The lowest BCUT2D eigenvalue weighted by Crippen LogP contribution is -2.54. The number of benzene rings is 6. The molecule has 0 radical (unpaired) electrons. The zero-order chi connectivity index (χ0) is 30.7. The van der Waals surface area contributed by atoms with Crippen LogP contribution in [0.2, 0.25) is 0 Å². The maximum absolute atomic E-state index is 2.68. The van der Waals surface area contributed by atoms with Crippen LogP contribution in [-0.2, 0) is 10.8 Å². The highest BCUT2D eigenvalue weighted by atomic mass is 15.3. The van der Waals surface area contributed by atoms with Gasteiger partial charge in [0.25, 0.3) is 0 Å². The van der Waals surface area contributed by atoms with Crippen LogP contribution in [0.5, 0.6) is 0 Å². The van der Waals surface area contributed by atoms with Gasteiger partial charge in [0, 0.05) is 22.2 Å². The van der Waals surface area contributed by atoms with Crippen LogP contribution in [0.25, 0.3) is 43.8 Å². The van der Waals surface area contributed by atoms with Crippen molar-refractivity contribution in [2.24, 2.45) is 0 Å². The van der Waals surface area contributed by atoms with Crippen LogP contribution in [0, 0.1) is 6.92 Å². The molecule has 2 atom stereocenters. The highest BCUT2D eigenvalue weighted by molar-refractivity contribution is 6.14. The Balaban J connectivity index is 1.19. The number of nitrogens with zero attached hydrogens (tertiary/aromatic N) is 1. The Morgan fingerprint density at radius 1 is 0.578 bits per heavy atom. The predicted molar refractivity (Wildman–Crippen MR) is 192 cm³/mol. The first-order chi connectivity index (χ1) is 21.7. The van der Waals surface area contributed by atoms with Crippen molar-refractivity contribution >= 4 is 32.9 Å². The van der Waals surface area contributed by atoms with Gasteiger partial charge < -0.3 is 4.90 Å². The average Bonchev–Trinajstić information content (AvgIpc) is 3.41. The second-order valence-electron chi connectivity index (χ2n) is 15.0. The summed E-state index contributed by atoms with van der Waals surface area (Å²) in [6, 6.07) is 42.0. The quantitative estimate of drug-likeness (QED) is 0.183. The van der Waals surface area contributed by atoms with Crippen LogP contribution in [0.1, 0.15) is 75.6 Å². The van der Waals surface area contributed by atoms with Gasteiger partial charge in [0.2, 0.25) is 0 Å². The first kappa shape index (κ1) is 27.0. The van der Waals surface area contributed by atoms with Gasteiger partial charge in [0.15, 0.2) is 0 Å². The molecule has 2 aliphatic carbocycles. The van der Waals surface area contributed by atoms with E-state index in [1.165, 1.54) is 103 Å². The van der Waals surface area contributed by atoms with Gasteiger partial charge in [-0.3, -0.25) is 0 Å². The molecule has 0 N–H and O–H groups in total. The Hall–Kier alpha value is -4.36. The third-order valence-electron chi connectivity index (χ3n) is 12.3. The molecule has 6 aromatic carbocycles. The molecule has 1 aliphatic heterocycles. The molecule has 0 aromatic heterocycles. The summed E-state index contributed by atoms with van der Waals surface area (Å²) in [5.74, 6) is 0. The monoisotopic (exact) mass is 583 g/mol. The fourth-order valence-electron chi connectivity index (χ4n) is 9.52. The first-order valence-electron chi connectivity index (χ1n) is 16.8. The molecule has 1 saturated carbocycles. The van der Waals surface area contributed by atoms with Gasteiger partial charge in [-0.15, -0.1) is 0 Å². The summed E-state index contributed by atoms with van der Waals surface area (Å²) in [5.41, 5.74) is 14.0. The van der Waals surface area contributed by atoms with Gasteiger partial charge in [0.1, 0.15) is 0 Å². The third kappa shape index (κ3) is 3.50. The summed E-state index contributed by atoms with van der Waals surface area (Å²) in [7, 11) is 0. The summed E-state index contributed by atoms with van der Waals surface area (Å²) in [6.45, 7) is 12.1. The van der Waals surface area contributed by atoms with Gasteiger partial charge in [0.05, 0.1) is 5.54 Å². The molecule has 1 nitrogen and oxygen atoms in total. The number of hydrogen-bond donors (Lipinski definition) is 0. The van der Waals surface area contributed by atoms with E-state index in [0.29, 0.717) is 0 Å². The molecule has 1 fully saturated rings. The Morgan fingerprint density at radius 2 is 1.29 bits per heavy atom. The third-order valence-corrected chi connectivity index (χ3v) is 12.3. The zero-order valence-electron chi connectivity index (χ0n) is 27.2. The van der Waals surface area contributed by atoms with Crippen molar-refractivity contribution in [3.05, 3.63) is 131 Å². The molecule has 9 rings (SSSR count). The Bertz CT molecular complexity index is 2180. The zero-order valence-corrected chi connectivity index (χ0v) is 27.2. The minimum Gasteiger partial charge on any atom is -0.334 e. The summed E-state index contributed by atoms with van der Waals surface area (Å²) in [5, 5.41) is 5.35. The van der Waals surface area contributed by atoms with Crippen molar-refractivity contribution in [3.63, 3.8) is 0 Å². The smallest absolute Gasteiger partial charge is 0.0517 e. The SMILES string of the molecule is Cc1ccc(N2c3ccc(-c4ccc5c(c4)C(C)(C)c4ccc6c(ccc7ccccc76)c4-5)cc3C3(C)CCCCC23C)cc1. The molecule has 0 bridgehead atoms. The van der Waals surface area contributed by atoms with Gasteiger partial charge >= 0.3 is 0 Å². The minimum absolute atomic E-state index is 0.0621. The topological polar surface area (TPSA) is 3.24 Å². The fourth-order valence-corrected chi connectivity index (χ4v) is 9.52. The average molecular weight is 584 g/mol. The molecule has 3 aliphatic rings. The molecular formula is C44H41N. The number of fused-ring (bicyclic) bond motifs is 10. The lowest BCUT2D eigenvalue weighted by Gasteiger charge is -2.50. The van der Waals surface area contributed by atoms with E-state index in [4.69, 9.17) is 0 Å². The van der Waals surface area contributed by atoms with E-state index in [-0.39, 0.29) is 16.4 Å². The van der Waals surface area contributed by atoms with Crippen LogP contribution in [0.15, 0.2) is 109 Å². The molecule has 2 unspecified atom stereocenters. The van der Waals surface area contributed by atoms with Gasteiger partial charge in [-0.25, -0.2) is 0 Å². The number of rotatable bonds is 2. The molecule has 0 spiro atoms. The fraction of sp³-hybridized carbons (Fsp3) is 0.273. The van der Waals surface area contributed by atoms with E-state index in [0.717, 1.165) is 0 Å². The molecule has 222 valence electrons. The normalized spacial score (nSPS) is 22.7. The van der Waals surface area contributed by atoms with Crippen molar-refractivity contribution in [1.82, 2.24) is 0 Å². The molecule has 0 amide bonds. The van der Waals surface area contributed by atoms with Crippen LogP contribution < -0.4 is 4.90 Å². The minimum atomic E-state index is -0.0621. The standard InChI is InChI=1S/C44H41N/c1-28-12-17-32(18-13-28)45-40-23-16-31(27-39(40)43(4)24-8-9-25-44(43,45)5)30-15-20-36-38(26-30)42(2,3)37-22-21-34-33-11-7-6-10-29(33)14-19-35(34)41(36)37/h6-7,10-23,26-27H,8-9,24-25H2,1-5H3. The summed E-state index contributed by atoms with van der Waals surface area (Å²) in [4.78, 5) is 2.68. The van der Waals surface area contributed by atoms with Crippen LogP contribution in [-0.4, -0.2) is 5.54 Å². The second-order valence-corrected chi connectivity index (χ2v) is 15.0. The highest BCUT2D eigenvalue weighted by Crippen LogP contribution is 2.61. The van der Waals surface area contributed by atoms with E-state index in [2.05, 4.69) is 149 Å². The van der Waals surface area contributed by atoms with E-state index < -0.39 is 0 Å². The largest absolute Gasteiger partial charge is 0.334 e. The summed E-state index contributed by atoms with van der Waals surface area (Å²) >= 11 is 0. The van der Waals surface area contributed by atoms with Crippen molar-refractivity contribution < 1.29 is 0 Å². The maximum Gasteiger partial charge on any atom is 0.0517 e. The highest BCUT2D eigenvalue weighted by Gasteiger charge is 2.57. The van der Waals surface area contributed by atoms with E-state index in [9.17, 15) is 0 Å². The number of hydrogen-bond acceptors (Lipinski definition) is 1. The van der Waals surface area contributed by atoms with Gasteiger partial charge in [-0.2, -0.15) is 0 Å². The number of aryl methyl sites for hydroxylation is 1. The van der Waals surface area contributed by atoms with Crippen molar-refractivity contribution in [1.29, 1.82) is 0 Å². The maximum atomic E-state index is 2.68. The van der Waals surface area contributed by atoms with Crippen molar-refractivity contribution in [2.75, 3.05) is 4.90 Å². The van der Waals surface area contributed by atoms with Crippen molar-refractivity contribution in [3.8, 4) is 22.3 Å². The van der Waals surface area contributed by atoms with Crippen molar-refractivity contribution in [2.45, 2.75) is 76.7 Å². The Kier molecular flexibility index (Phi) is 5.46. The predicted octanol–water partition coefficient (Wildman–Crippen LogP) is 12.0. The molecule has 6 aromatic rings. The van der Waals surface area contributed by atoms with Crippen LogP contribution in [0.3, 0.4) is 0 Å². The lowest BCUT2D eigenvalue weighted by molar-refractivity contribution is 0.195. The summed E-state index contributed by atoms with van der Waals surface area (Å²) < 4.78 is 0. The van der Waals surface area contributed by atoms with Crippen LogP contribution >= 0.6 is 0 Å². The molecule has 45 heavy (non-hydrogen) atoms. The molecule has 1 heterocycles. The summed E-state index contributed by atoms with van der Waals surface area (Å²) in [6.07, 6.45) is 5.04. The van der Waals surface area contributed by atoms with Gasteiger partial charge in [-0.05, 0) is 118 Å². The van der Waals surface area contributed by atoms with Gasteiger partial charge in [-0.1, -0.05) is 118 Å². The number of anilines is 2. The lowest BCUT2D eigenvalue weighted by atomic mass is 9.61. The van der Waals surface area contributed by atoms with Crippen LogP contribution in [0.4, 0.5) is 11.4 Å². The Labute approximate surface area is 267 Å². The van der Waals surface area contributed by atoms with E-state index in [1.54, 1.807) is 0 Å². The second kappa shape index (κ2) is 9.10. The molecule has 0 saturated heterocycles.